The fourth-order valence-corrected chi connectivity index (χ4v) is 3.15. The summed E-state index contributed by atoms with van der Waals surface area (Å²) in [4.78, 5) is 25.4. The van der Waals surface area contributed by atoms with Crippen molar-refractivity contribution in [1.29, 1.82) is 0 Å². The van der Waals surface area contributed by atoms with Gasteiger partial charge in [0.15, 0.2) is 0 Å². The van der Waals surface area contributed by atoms with E-state index in [-0.39, 0.29) is 11.8 Å². The Labute approximate surface area is 119 Å². The molecule has 2 rings (SSSR count). The van der Waals surface area contributed by atoms with E-state index in [0.29, 0.717) is 6.54 Å². The normalized spacial score (nSPS) is 28.9. The Kier molecular flexibility index (Phi) is 4.65. The molecule has 0 aromatic rings. The number of nitrogens with zero attached hydrogens (tertiary/aromatic N) is 1. The van der Waals surface area contributed by atoms with Crippen molar-refractivity contribution in [2.24, 2.45) is 17.3 Å². The standard InChI is InChI=1S/C14H25N3O3/c1-14(2)10(11(14)13(19)20)12(18)16-4-3-7-17-8-5-15-6-9-17/h10-11,15H,3-9H2,1-2H3,(H,16,18)(H,19,20)/t10-,11+/m1/s1. The molecule has 2 atom stereocenters. The highest BCUT2D eigenvalue weighted by atomic mass is 16.4. The fraction of sp³-hybridized carbons (Fsp3) is 0.857. The molecule has 2 fully saturated rings. The number of amides is 1. The molecule has 1 amide bonds. The number of rotatable bonds is 6. The van der Waals surface area contributed by atoms with Gasteiger partial charge in [0.05, 0.1) is 11.8 Å². The Bertz CT molecular complexity index is 378. The highest BCUT2D eigenvalue weighted by molar-refractivity contribution is 5.91. The summed E-state index contributed by atoms with van der Waals surface area (Å²) in [5, 5.41) is 15.2. The number of hydrogen-bond acceptors (Lipinski definition) is 4. The van der Waals surface area contributed by atoms with Gasteiger partial charge < -0.3 is 20.6 Å². The van der Waals surface area contributed by atoms with E-state index in [4.69, 9.17) is 5.11 Å². The van der Waals surface area contributed by atoms with Crippen LogP contribution in [0.4, 0.5) is 0 Å². The second kappa shape index (κ2) is 6.10. The molecule has 1 saturated heterocycles. The second-order valence-electron chi connectivity index (χ2n) is 6.35. The van der Waals surface area contributed by atoms with E-state index in [1.54, 1.807) is 0 Å². The molecule has 3 N–H and O–H groups in total. The first-order valence-electron chi connectivity index (χ1n) is 7.38. The number of hydrogen-bond donors (Lipinski definition) is 3. The molecule has 6 heteroatoms. The molecule has 1 aliphatic heterocycles. The molecule has 1 heterocycles. The van der Waals surface area contributed by atoms with Gasteiger partial charge in [-0.3, -0.25) is 9.59 Å². The highest BCUT2D eigenvalue weighted by Crippen LogP contribution is 2.58. The van der Waals surface area contributed by atoms with E-state index in [2.05, 4.69) is 15.5 Å². The summed E-state index contributed by atoms with van der Waals surface area (Å²) in [6, 6.07) is 0. The first-order valence-corrected chi connectivity index (χ1v) is 7.38. The van der Waals surface area contributed by atoms with Crippen molar-refractivity contribution in [2.45, 2.75) is 20.3 Å². The summed E-state index contributed by atoms with van der Waals surface area (Å²) >= 11 is 0. The van der Waals surface area contributed by atoms with Gasteiger partial charge in [0, 0.05) is 32.7 Å². The minimum absolute atomic E-state index is 0.109. The Morgan fingerprint density at radius 2 is 1.95 bits per heavy atom. The van der Waals surface area contributed by atoms with Gasteiger partial charge in [-0.25, -0.2) is 0 Å². The van der Waals surface area contributed by atoms with Crippen molar-refractivity contribution >= 4 is 11.9 Å². The fourth-order valence-electron chi connectivity index (χ4n) is 3.15. The van der Waals surface area contributed by atoms with Gasteiger partial charge >= 0.3 is 5.97 Å². The largest absolute Gasteiger partial charge is 0.481 e. The van der Waals surface area contributed by atoms with Gasteiger partial charge in [-0.15, -0.1) is 0 Å². The lowest BCUT2D eigenvalue weighted by Crippen LogP contribution is -2.44. The Balaban J connectivity index is 1.65. The summed E-state index contributed by atoms with van der Waals surface area (Å²) in [5.41, 5.74) is -0.408. The Hall–Kier alpha value is -1.14. The van der Waals surface area contributed by atoms with Gasteiger partial charge in [-0.2, -0.15) is 0 Å². The molecule has 1 saturated carbocycles. The predicted molar refractivity (Wildman–Crippen MR) is 75.3 cm³/mol. The number of nitrogens with one attached hydrogen (secondary N) is 2. The maximum absolute atomic E-state index is 12.0. The number of aliphatic carboxylic acids is 1. The van der Waals surface area contributed by atoms with Crippen LogP contribution < -0.4 is 10.6 Å². The van der Waals surface area contributed by atoms with Gasteiger partial charge in [0.1, 0.15) is 0 Å². The third-order valence-electron chi connectivity index (χ3n) is 4.54. The molecular weight excluding hydrogens is 258 g/mol. The van der Waals surface area contributed by atoms with Crippen LogP contribution in [0, 0.1) is 17.3 Å². The van der Waals surface area contributed by atoms with E-state index in [1.807, 2.05) is 13.8 Å². The summed E-state index contributed by atoms with van der Waals surface area (Å²) in [6.45, 7) is 9.48. The Morgan fingerprint density at radius 1 is 1.30 bits per heavy atom. The lowest BCUT2D eigenvalue weighted by atomic mass is 10.1. The van der Waals surface area contributed by atoms with E-state index < -0.39 is 17.3 Å². The van der Waals surface area contributed by atoms with Gasteiger partial charge in [-0.05, 0) is 18.4 Å². The first-order chi connectivity index (χ1) is 9.44. The molecule has 0 unspecified atom stereocenters. The van der Waals surface area contributed by atoms with Crippen molar-refractivity contribution in [3.8, 4) is 0 Å². The topological polar surface area (TPSA) is 81.7 Å². The third-order valence-corrected chi connectivity index (χ3v) is 4.54. The van der Waals surface area contributed by atoms with E-state index in [9.17, 15) is 9.59 Å². The van der Waals surface area contributed by atoms with Crippen molar-refractivity contribution in [1.82, 2.24) is 15.5 Å². The van der Waals surface area contributed by atoms with E-state index in [0.717, 1.165) is 39.1 Å². The maximum Gasteiger partial charge on any atom is 0.307 e. The van der Waals surface area contributed by atoms with Gasteiger partial charge in [0.2, 0.25) is 5.91 Å². The monoisotopic (exact) mass is 283 g/mol. The maximum atomic E-state index is 12.0. The molecule has 20 heavy (non-hydrogen) atoms. The third kappa shape index (κ3) is 3.30. The summed E-state index contributed by atoms with van der Waals surface area (Å²) in [5.74, 6) is -1.88. The van der Waals surface area contributed by atoms with Gasteiger partial charge in [0.25, 0.3) is 0 Å². The zero-order valence-electron chi connectivity index (χ0n) is 12.3. The zero-order chi connectivity index (χ0) is 14.8. The molecule has 0 aromatic carbocycles. The first kappa shape index (κ1) is 15.3. The minimum Gasteiger partial charge on any atom is -0.481 e. The molecule has 1 aliphatic carbocycles. The molecular formula is C14H25N3O3. The quantitative estimate of drug-likeness (QED) is 0.586. The molecule has 6 nitrogen and oxygen atoms in total. The average molecular weight is 283 g/mol. The van der Waals surface area contributed by atoms with Crippen LogP contribution in [0.2, 0.25) is 0 Å². The molecule has 2 aliphatic rings. The molecule has 0 aromatic heterocycles. The summed E-state index contributed by atoms with van der Waals surface area (Å²) in [7, 11) is 0. The number of carbonyl (C=O) groups excluding carboxylic acids is 1. The molecule has 0 radical (unpaired) electrons. The lowest BCUT2D eigenvalue weighted by Gasteiger charge is -2.27. The SMILES string of the molecule is CC1(C)[C@H](C(=O)O)[C@@H]1C(=O)NCCCN1CCNCC1. The molecule has 0 spiro atoms. The Morgan fingerprint density at radius 3 is 2.50 bits per heavy atom. The average Bonchev–Trinajstić information content (AvgIpc) is 2.99. The van der Waals surface area contributed by atoms with E-state index in [1.165, 1.54) is 0 Å². The smallest absolute Gasteiger partial charge is 0.307 e. The molecule has 0 bridgehead atoms. The van der Waals surface area contributed by atoms with Crippen LogP contribution >= 0.6 is 0 Å². The summed E-state index contributed by atoms with van der Waals surface area (Å²) in [6.07, 6.45) is 0.913. The lowest BCUT2D eigenvalue weighted by molar-refractivity contribution is -0.140. The van der Waals surface area contributed by atoms with Crippen LogP contribution in [0.5, 0.6) is 0 Å². The van der Waals surface area contributed by atoms with Crippen LogP contribution in [0.3, 0.4) is 0 Å². The van der Waals surface area contributed by atoms with Crippen LogP contribution in [-0.2, 0) is 9.59 Å². The van der Waals surface area contributed by atoms with Crippen molar-refractivity contribution in [2.75, 3.05) is 39.3 Å². The van der Waals surface area contributed by atoms with Crippen molar-refractivity contribution in [3.05, 3.63) is 0 Å². The van der Waals surface area contributed by atoms with Gasteiger partial charge in [-0.1, -0.05) is 13.8 Å². The highest BCUT2D eigenvalue weighted by Gasteiger charge is 2.65. The minimum atomic E-state index is -0.865. The van der Waals surface area contributed by atoms with Crippen molar-refractivity contribution in [3.63, 3.8) is 0 Å². The molecule has 114 valence electrons. The van der Waals surface area contributed by atoms with Crippen LogP contribution in [0.15, 0.2) is 0 Å². The van der Waals surface area contributed by atoms with Crippen LogP contribution in [0.25, 0.3) is 0 Å². The number of carboxylic acids is 1. The number of carbonyl (C=O) groups is 2. The zero-order valence-corrected chi connectivity index (χ0v) is 12.3. The number of piperazine rings is 1. The van der Waals surface area contributed by atoms with Crippen molar-refractivity contribution < 1.29 is 14.7 Å². The second-order valence-corrected chi connectivity index (χ2v) is 6.35. The van der Waals surface area contributed by atoms with Crippen LogP contribution in [-0.4, -0.2) is 61.2 Å². The van der Waals surface area contributed by atoms with E-state index >= 15 is 0 Å². The van der Waals surface area contributed by atoms with Crippen LogP contribution in [0.1, 0.15) is 20.3 Å². The predicted octanol–water partition coefficient (Wildman–Crippen LogP) is -0.245. The number of carboxylic acid groups (broad SMARTS) is 1. The summed E-state index contributed by atoms with van der Waals surface area (Å²) < 4.78 is 0.